The van der Waals surface area contributed by atoms with Gasteiger partial charge in [0, 0.05) is 12.1 Å². The van der Waals surface area contributed by atoms with E-state index in [1.54, 1.807) is 4.68 Å². The summed E-state index contributed by atoms with van der Waals surface area (Å²) >= 11 is 0. The highest BCUT2D eigenvalue weighted by Crippen LogP contribution is 2.38. The Bertz CT molecular complexity index is 502. The number of benzene rings is 1. The monoisotopic (exact) mass is 229 g/mol. The van der Waals surface area contributed by atoms with Gasteiger partial charge in [0.25, 0.3) is 0 Å². The lowest BCUT2D eigenvalue weighted by atomic mass is 10.2. The molecule has 1 saturated carbocycles. The quantitative estimate of drug-likeness (QED) is 0.870. The van der Waals surface area contributed by atoms with Crippen molar-refractivity contribution in [2.24, 2.45) is 0 Å². The first-order chi connectivity index (χ1) is 8.25. The van der Waals surface area contributed by atoms with Crippen LogP contribution in [-0.2, 0) is 6.54 Å². The molecule has 1 heterocycles. The van der Waals surface area contributed by atoms with Crippen molar-refractivity contribution >= 4 is 0 Å². The van der Waals surface area contributed by atoms with Crippen LogP contribution in [0, 0.1) is 0 Å². The lowest BCUT2D eigenvalue weighted by molar-refractivity contribution is 0.132. The molecule has 0 aliphatic heterocycles. The van der Waals surface area contributed by atoms with Gasteiger partial charge in [0.1, 0.15) is 5.69 Å². The van der Waals surface area contributed by atoms with Crippen molar-refractivity contribution in [3.8, 4) is 11.3 Å². The summed E-state index contributed by atoms with van der Waals surface area (Å²) in [6, 6.07) is 9.99. The second-order valence-electron chi connectivity index (χ2n) is 4.71. The lowest BCUT2D eigenvalue weighted by Gasteiger charge is -2.05. The van der Waals surface area contributed by atoms with Gasteiger partial charge in [0.2, 0.25) is 0 Å². The molecule has 0 atom stereocenters. The Morgan fingerprint density at radius 3 is 2.71 bits per heavy atom. The second kappa shape index (κ2) is 3.96. The number of hydrogen-bond donors (Lipinski definition) is 1. The molecule has 1 N–H and O–H groups in total. The molecule has 0 radical (unpaired) electrons. The fraction of sp³-hybridized carbons (Fsp3) is 0.385. The number of aliphatic hydroxyl groups is 1. The van der Waals surface area contributed by atoms with E-state index in [1.807, 2.05) is 36.5 Å². The van der Waals surface area contributed by atoms with Crippen LogP contribution in [-0.4, -0.2) is 25.7 Å². The van der Waals surface area contributed by atoms with Gasteiger partial charge in [-0.3, -0.25) is 4.68 Å². The number of rotatable bonds is 4. The Kier molecular flexibility index (Phi) is 2.44. The number of nitrogens with zero attached hydrogens (tertiary/aromatic N) is 3. The molecule has 88 valence electrons. The van der Waals surface area contributed by atoms with Crippen LogP contribution in [0.25, 0.3) is 11.3 Å². The van der Waals surface area contributed by atoms with Crippen LogP contribution in [0.15, 0.2) is 36.5 Å². The zero-order valence-corrected chi connectivity index (χ0v) is 9.58. The molecule has 1 fully saturated rings. The maximum absolute atomic E-state index is 9.75. The van der Waals surface area contributed by atoms with E-state index in [2.05, 4.69) is 10.3 Å². The van der Waals surface area contributed by atoms with Crippen molar-refractivity contribution in [1.29, 1.82) is 0 Å². The molecule has 1 aromatic carbocycles. The molecule has 1 aromatic heterocycles. The van der Waals surface area contributed by atoms with E-state index in [9.17, 15) is 5.11 Å². The minimum Gasteiger partial charge on any atom is -0.390 e. The molecular formula is C13H15N3O. The van der Waals surface area contributed by atoms with Crippen LogP contribution in [0.3, 0.4) is 0 Å². The summed E-state index contributed by atoms with van der Waals surface area (Å²) in [6.07, 6.45) is 4.55. The Hall–Kier alpha value is -1.68. The van der Waals surface area contributed by atoms with E-state index in [-0.39, 0.29) is 0 Å². The van der Waals surface area contributed by atoms with E-state index in [4.69, 9.17) is 0 Å². The van der Waals surface area contributed by atoms with E-state index >= 15 is 0 Å². The highest BCUT2D eigenvalue weighted by Gasteiger charge is 2.39. The predicted molar refractivity (Wildman–Crippen MR) is 64.3 cm³/mol. The minimum atomic E-state index is -0.418. The second-order valence-corrected chi connectivity index (χ2v) is 4.71. The van der Waals surface area contributed by atoms with Gasteiger partial charge >= 0.3 is 0 Å². The molecule has 0 saturated heterocycles. The SMILES string of the molecule is OC1(CCn2cc(-c3ccccc3)nn2)CC1. The zero-order chi connectivity index (χ0) is 11.7. The molecule has 4 nitrogen and oxygen atoms in total. The third-order valence-electron chi connectivity index (χ3n) is 3.24. The predicted octanol–water partition coefficient (Wildman–Crippen LogP) is 1.86. The molecule has 4 heteroatoms. The third-order valence-corrected chi connectivity index (χ3v) is 3.24. The first-order valence-electron chi connectivity index (χ1n) is 5.93. The van der Waals surface area contributed by atoms with Gasteiger partial charge in [-0.15, -0.1) is 5.10 Å². The molecule has 0 bridgehead atoms. The van der Waals surface area contributed by atoms with Crippen molar-refractivity contribution in [3.63, 3.8) is 0 Å². The molecule has 3 rings (SSSR count). The normalized spacial score (nSPS) is 17.0. The zero-order valence-electron chi connectivity index (χ0n) is 9.58. The topological polar surface area (TPSA) is 50.9 Å². The van der Waals surface area contributed by atoms with Gasteiger partial charge in [-0.1, -0.05) is 35.5 Å². The van der Waals surface area contributed by atoms with E-state index in [1.165, 1.54) is 0 Å². The molecule has 1 aliphatic rings. The van der Waals surface area contributed by atoms with Gasteiger partial charge in [0.15, 0.2) is 0 Å². The average molecular weight is 229 g/mol. The van der Waals surface area contributed by atoms with E-state index in [0.29, 0.717) is 0 Å². The average Bonchev–Trinajstić information content (AvgIpc) is 2.93. The fourth-order valence-corrected chi connectivity index (χ4v) is 1.87. The summed E-state index contributed by atoms with van der Waals surface area (Å²) < 4.78 is 1.80. The fourth-order valence-electron chi connectivity index (χ4n) is 1.87. The maximum Gasteiger partial charge on any atom is 0.113 e. The molecule has 2 aromatic rings. The van der Waals surface area contributed by atoms with Crippen LogP contribution in [0.1, 0.15) is 19.3 Å². The molecule has 0 spiro atoms. The summed E-state index contributed by atoms with van der Waals surface area (Å²) in [5, 5.41) is 18.0. The van der Waals surface area contributed by atoms with Gasteiger partial charge in [-0.2, -0.15) is 0 Å². The number of aryl methyl sites for hydroxylation is 1. The van der Waals surface area contributed by atoms with Crippen LogP contribution >= 0.6 is 0 Å². The highest BCUT2D eigenvalue weighted by atomic mass is 16.3. The highest BCUT2D eigenvalue weighted by molar-refractivity contribution is 5.57. The van der Waals surface area contributed by atoms with Crippen LogP contribution in [0.5, 0.6) is 0 Å². The summed E-state index contributed by atoms with van der Waals surface area (Å²) in [4.78, 5) is 0. The standard InChI is InChI=1S/C13H15N3O/c17-13(6-7-13)8-9-16-10-12(14-15-16)11-4-2-1-3-5-11/h1-5,10,17H,6-9H2. The largest absolute Gasteiger partial charge is 0.390 e. The molecular weight excluding hydrogens is 214 g/mol. The van der Waals surface area contributed by atoms with Crippen molar-refractivity contribution < 1.29 is 5.11 Å². The van der Waals surface area contributed by atoms with Crippen LogP contribution in [0.2, 0.25) is 0 Å². The molecule has 1 aliphatic carbocycles. The van der Waals surface area contributed by atoms with Crippen molar-refractivity contribution in [2.45, 2.75) is 31.4 Å². The Morgan fingerprint density at radius 2 is 2.00 bits per heavy atom. The lowest BCUT2D eigenvalue weighted by Crippen LogP contribution is -2.11. The third kappa shape index (κ3) is 2.36. The van der Waals surface area contributed by atoms with E-state index < -0.39 is 5.60 Å². The Labute approximate surface area is 99.9 Å². The minimum absolute atomic E-state index is 0.418. The first kappa shape index (κ1) is 10.5. The smallest absolute Gasteiger partial charge is 0.113 e. The van der Waals surface area contributed by atoms with Gasteiger partial charge in [-0.25, -0.2) is 0 Å². The van der Waals surface area contributed by atoms with Gasteiger partial charge in [0.05, 0.1) is 11.8 Å². The number of aromatic nitrogens is 3. The maximum atomic E-state index is 9.75. The summed E-state index contributed by atoms with van der Waals surface area (Å²) in [6.45, 7) is 0.732. The van der Waals surface area contributed by atoms with E-state index in [0.717, 1.165) is 37.1 Å². The molecule has 0 unspecified atom stereocenters. The van der Waals surface area contributed by atoms with Crippen molar-refractivity contribution in [2.75, 3.05) is 0 Å². The Balaban J connectivity index is 1.70. The first-order valence-corrected chi connectivity index (χ1v) is 5.93. The van der Waals surface area contributed by atoms with Crippen molar-refractivity contribution in [1.82, 2.24) is 15.0 Å². The Morgan fingerprint density at radius 1 is 1.24 bits per heavy atom. The van der Waals surface area contributed by atoms with Crippen LogP contribution in [0.4, 0.5) is 0 Å². The van der Waals surface area contributed by atoms with Crippen LogP contribution < -0.4 is 0 Å². The van der Waals surface area contributed by atoms with Gasteiger partial charge in [-0.05, 0) is 19.3 Å². The molecule has 0 amide bonds. The summed E-state index contributed by atoms with van der Waals surface area (Å²) in [5.41, 5.74) is 1.54. The summed E-state index contributed by atoms with van der Waals surface area (Å²) in [7, 11) is 0. The summed E-state index contributed by atoms with van der Waals surface area (Å²) in [5.74, 6) is 0. The van der Waals surface area contributed by atoms with Gasteiger partial charge < -0.3 is 5.11 Å². The van der Waals surface area contributed by atoms with Crippen molar-refractivity contribution in [3.05, 3.63) is 36.5 Å². The molecule has 17 heavy (non-hydrogen) atoms. The number of hydrogen-bond acceptors (Lipinski definition) is 3.